The first-order valence-electron chi connectivity index (χ1n) is 12.4. The lowest BCUT2D eigenvalue weighted by atomic mass is 9.91. The Bertz CT molecular complexity index is 1640. The van der Waals surface area contributed by atoms with E-state index in [1.807, 2.05) is 18.3 Å². The highest BCUT2D eigenvalue weighted by atomic mass is 19.1. The number of anilines is 2. The Balaban J connectivity index is 1.16. The number of H-pyrrole nitrogens is 2. The quantitative estimate of drug-likeness (QED) is 0.292. The van der Waals surface area contributed by atoms with Gasteiger partial charge in [-0.15, -0.1) is 0 Å². The van der Waals surface area contributed by atoms with Gasteiger partial charge in [-0.05, 0) is 48.1 Å². The zero-order valence-corrected chi connectivity index (χ0v) is 19.8. The minimum atomic E-state index is -0.578. The summed E-state index contributed by atoms with van der Waals surface area (Å²) in [6.45, 7) is 2.00. The first-order chi connectivity index (χ1) is 18.0. The largest absolute Gasteiger partial charge is 0.357 e. The number of halogens is 2. The van der Waals surface area contributed by atoms with E-state index in [1.165, 1.54) is 18.3 Å². The molecule has 7 rings (SSSR count). The maximum Gasteiger partial charge on any atom is 0.258 e. The van der Waals surface area contributed by atoms with Gasteiger partial charge in [0.1, 0.15) is 28.8 Å². The molecule has 3 aliphatic rings. The van der Waals surface area contributed by atoms with E-state index in [4.69, 9.17) is 5.73 Å². The molecule has 1 saturated carbocycles. The smallest absolute Gasteiger partial charge is 0.258 e. The van der Waals surface area contributed by atoms with Crippen LogP contribution in [-0.2, 0) is 5.41 Å². The van der Waals surface area contributed by atoms with Gasteiger partial charge in [0.25, 0.3) is 5.56 Å². The molecule has 1 aliphatic carbocycles. The minimum Gasteiger partial charge on any atom is -0.357 e. The highest BCUT2D eigenvalue weighted by molar-refractivity contribution is 6.00. The summed E-state index contributed by atoms with van der Waals surface area (Å²) in [4.78, 5) is 17.0. The van der Waals surface area contributed by atoms with Crippen molar-refractivity contribution in [2.24, 2.45) is 17.6 Å². The van der Waals surface area contributed by atoms with Crippen molar-refractivity contribution in [2.45, 2.75) is 11.8 Å². The van der Waals surface area contributed by atoms with Crippen molar-refractivity contribution >= 4 is 22.3 Å². The predicted octanol–water partition coefficient (Wildman–Crippen LogP) is 3.68. The Morgan fingerprint density at radius 1 is 1.11 bits per heavy atom. The van der Waals surface area contributed by atoms with E-state index in [0.29, 0.717) is 40.6 Å². The molecular formula is C27H25F2N7O. The summed E-state index contributed by atoms with van der Waals surface area (Å²) >= 11 is 0. The van der Waals surface area contributed by atoms with Crippen LogP contribution in [0, 0.1) is 23.5 Å². The molecule has 0 amide bonds. The maximum atomic E-state index is 14.7. The molecule has 37 heavy (non-hydrogen) atoms. The summed E-state index contributed by atoms with van der Waals surface area (Å²) in [5.41, 5.74) is 8.10. The third kappa shape index (κ3) is 3.08. The predicted molar refractivity (Wildman–Crippen MR) is 138 cm³/mol. The van der Waals surface area contributed by atoms with Gasteiger partial charge in [-0.1, -0.05) is 18.2 Å². The van der Waals surface area contributed by atoms with Crippen molar-refractivity contribution in [2.75, 3.05) is 30.3 Å². The van der Waals surface area contributed by atoms with Crippen LogP contribution in [0.4, 0.5) is 20.3 Å². The molecule has 0 spiro atoms. The second-order valence-corrected chi connectivity index (χ2v) is 9.98. The Morgan fingerprint density at radius 2 is 1.97 bits per heavy atom. The fourth-order valence-electron chi connectivity index (χ4n) is 6.57. The molecule has 2 aromatic heterocycles. The average Bonchev–Trinajstić information content (AvgIpc) is 3.38. The number of rotatable bonds is 4. The lowest BCUT2D eigenvalue weighted by Crippen LogP contribution is -2.35. The second kappa shape index (κ2) is 7.91. The fraction of sp³-hybridized carbons (Fsp3) is 0.259. The number of hydrogen-bond acceptors (Lipinski definition) is 6. The summed E-state index contributed by atoms with van der Waals surface area (Å²) in [7, 11) is 0. The van der Waals surface area contributed by atoms with Crippen LogP contribution in [0.1, 0.15) is 12.0 Å². The number of nitrogens with one attached hydrogen (secondary N) is 4. The molecule has 0 unspecified atom stereocenters. The van der Waals surface area contributed by atoms with Crippen LogP contribution in [0.15, 0.2) is 65.5 Å². The molecule has 0 radical (unpaired) electrons. The number of likely N-dealkylation sites (tertiary alicyclic amines) is 1. The number of hydrogen-bond donors (Lipinski definition) is 5. The summed E-state index contributed by atoms with van der Waals surface area (Å²) in [6.07, 6.45) is 4.31. The lowest BCUT2D eigenvalue weighted by molar-refractivity contribution is 0.275. The Kier molecular flexibility index (Phi) is 4.71. The van der Waals surface area contributed by atoms with Crippen LogP contribution < -0.4 is 21.9 Å². The van der Waals surface area contributed by atoms with Gasteiger partial charge in [0.15, 0.2) is 5.82 Å². The van der Waals surface area contributed by atoms with Crippen molar-refractivity contribution in [3.05, 3.63) is 88.2 Å². The number of benzene rings is 2. The Hall–Kier alpha value is -4.18. The van der Waals surface area contributed by atoms with E-state index >= 15 is 0 Å². The number of fused-ring (bicyclic) bond motifs is 3. The van der Waals surface area contributed by atoms with E-state index in [0.717, 1.165) is 30.9 Å². The molecule has 10 heteroatoms. The normalized spacial score (nSPS) is 24.1. The van der Waals surface area contributed by atoms with E-state index in [1.54, 1.807) is 18.2 Å². The number of aromatic nitrogens is 3. The molecule has 0 bridgehead atoms. The van der Waals surface area contributed by atoms with Gasteiger partial charge < -0.3 is 26.3 Å². The van der Waals surface area contributed by atoms with E-state index < -0.39 is 11.4 Å². The second-order valence-electron chi connectivity index (χ2n) is 9.98. The number of nitrogens with two attached hydrogens (primary N) is 1. The average molecular weight is 502 g/mol. The zero-order valence-electron chi connectivity index (χ0n) is 19.8. The summed E-state index contributed by atoms with van der Waals surface area (Å²) in [6, 6.07) is 11.6. The topological polar surface area (TPSA) is 115 Å². The standard InChI is InChI=1S/C27H25F2N7O/c28-19-4-2-1-3-17(19)27(13-30)16-8-10-36(12-18(16)27)21-11-32-24-23(34-35-25(24)33-21)15-5-6-20(29)22-14(15)7-9-31-26(22)37/h1-7,9,11,16,18,32H,8,10,12-13,30H2,(H,31,37)(H2,33,34,35)/t16-,18+,27-/m1/s1. The first-order valence-corrected chi connectivity index (χ1v) is 12.4. The fourth-order valence-corrected chi connectivity index (χ4v) is 6.57. The lowest BCUT2D eigenvalue weighted by Gasteiger charge is -2.32. The van der Waals surface area contributed by atoms with Crippen LogP contribution in [0.5, 0.6) is 0 Å². The molecule has 188 valence electrons. The molecule has 2 fully saturated rings. The van der Waals surface area contributed by atoms with Gasteiger partial charge in [0.05, 0.1) is 5.39 Å². The molecule has 8 nitrogen and oxygen atoms in total. The van der Waals surface area contributed by atoms with Crippen molar-refractivity contribution in [1.29, 1.82) is 0 Å². The molecule has 2 aromatic carbocycles. The van der Waals surface area contributed by atoms with Crippen LogP contribution >= 0.6 is 0 Å². The highest BCUT2D eigenvalue weighted by Gasteiger charge is 2.66. The highest BCUT2D eigenvalue weighted by Crippen LogP contribution is 2.63. The SMILES string of the molecule is NC[C@]1(c2ccccc2F)[C@@H]2CCN(C3=CNc4c(-c5ccc(F)c6c(=O)[nH]ccc56)n[nH]c4N3)C[C@@H]21. The van der Waals surface area contributed by atoms with Gasteiger partial charge in [0, 0.05) is 48.4 Å². The van der Waals surface area contributed by atoms with Crippen molar-refractivity contribution < 1.29 is 8.78 Å². The number of pyridine rings is 1. The van der Waals surface area contributed by atoms with Crippen LogP contribution in [0.25, 0.3) is 22.0 Å². The maximum absolute atomic E-state index is 14.7. The van der Waals surface area contributed by atoms with Crippen LogP contribution in [0.2, 0.25) is 0 Å². The third-order valence-electron chi connectivity index (χ3n) is 8.39. The van der Waals surface area contributed by atoms with Crippen molar-refractivity contribution in [3.63, 3.8) is 0 Å². The van der Waals surface area contributed by atoms with E-state index in [-0.39, 0.29) is 22.5 Å². The molecule has 4 aromatic rings. The zero-order chi connectivity index (χ0) is 25.3. The molecular weight excluding hydrogens is 476 g/mol. The van der Waals surface area contributed by atoms with Crippen molar-refractivity contribution in [3.8, 4) is 11.3 Å². The van der Waals surface area contributed by atoms with Gasteiger partial charge in [0.2, 0.25) is 0 Å². The van der Waals surface area contributed by atoms with E-state index in [2.05, 4.69) is 30.7 Å². The molecule has 4 heterocycles. The first kappa shape index (κ1) is 22.1. The Morgan fingerprint density at radius 3 is 2.81 bits per heavy atom. The monoisotopic (exact) mass is 501 g/mol. The van der Waals surface area contributed by atoms with Gasteiger partial charge >= 0.3 is 0 Å². The van der Waals surface area contributed by atoms with Gasteiger partial charge in [-0.2, -0.15) is 5.10 Å². The summed E-state index contributed by atoms with van der Waals surface area (Å²) in [5.74, 6) is 1.43. The molecule has 2 aliphatic heterocycles. The van der Waals surface area contributed by atoms with Crippen LogP contribution in [0.3, 0.4) is 0 Å². The number of nitrogens with zero attached hydrogens (tertiary/aromatic N) is 2. The summed E-state index contributed by atoms with van der Waals surface area (Å²) < 4.78 is 29.1. The van der Waals surface area contributed by atoms with Gasteiger partial charge in [-0.3, -0.25) is 9.89 Å². The van der Waals surface area contributed by atoms with Crippen LogP contribution in [-0.4, -0.2) is 39.7 Å². The molecule has 3 atom stereocenters. The van der Waals surface area contributed by atoms with Gasteiger partial charge in [-0.25, -0.2) is 8.78 Å². The van der Waals surface area contributed by atoms with Crippen molar-refractivity contribution in [1.82, 2.24) is 20.1 Å². The third-order valence-corrected chi connectivity index (χ3v) is 8.39. The number of aromatic amines is 2. The number of piperidine rings is 1. The van der Waals surface area contributed by atoms with E-state index in [9.17, 15) is 13.6 Å². The summed E-state index contributed by atoms with van der Waals surface area (Å²) in [5, 5.41) is 14.7. The molecule has 6 N–H and O–H groups in total. The minimum absolute atomic E-state index is 0.00212. The Labute approximate surface area is 210 Å². The molecule has 1 saturated heterocycles.